The van der Waals surface area contributed by atoms with E-state index in [2.05, 4.69) is 38.1 Å². The number of benzene rings is 1. The summed E-state index contributed by atoms with van der Waals surface area (Å²) in [7, 11) is 0. The minimum absolute atomic E-state index is 0.0938. The molecule has 0 amide bonds. The lowest BCUT2D eigenvalue weighted by molar-refractivity contribution is 0.116. The number of oxime groups is 1. The van der Waals surface area contributed by atoms with Crippen molar-refractivity contribution in [2.45, 2.75) is 51.2 Å². The van der Waals surface area contributed by atoms with Gasteiger partial charge >= 0.3 is 0 Å². The lowest BCUT2D eigenvalue weighted by atomic mass is 9.93. The van der Waals surface area contributed by atoms with E-state index >= 15 is 0 Å². The molecule has 3 aromatic heterocycles. The third-order valence-electron chi connectivity index (χ3n) is 6.03. The van der Waals surface area contributed by atoms with Crippen molar-refractivity contribution in [2.75, 3.05) is 5.32 Å². The topological polar surface area (TPSA) is 95.0 Å². The van der Waals surface area contributed by atoms with Gasteiger partial charge in [-0.2, -0.15) is 0 Å². The van der Waals surface area contributed by atoms with Crippen LogP contribution in [0.15, 0.2) is 47.9 Å². The number of fused-ring (bicyclic) bond motifs is 2. The number of nitrogens with one attached hydrogen (secondary N) is 1. The number of imidazole rings is 1. The van der Waals surface area contributed by atoms with E-state index in [0.29, 0.717) is 5.71 Å². The van der Waals surface area contributed by atoms with Gasteiger partial charge in [-0.25, -0.2) is 9.97 Å². The van der Waals surface area contributed by atoms with Crippen LogP contribution in [-0.4, -0.2) is 42.5 Å². The van der Waals surface area contributed by atoms with Crippen LogP contribution in [0.5, 0.6) is 0 Å². The Kier molecular flexibility index (Phi) is 5.33. The SMILES string of the molecule is C/C(=N/O)c1ccn2c(Cc3ccc4nc(N[C@@H]5CCCC[C@H]5O)sc4c3)cnc2c1. The van der Waals surface area contributed by atoms with Crippen LogP contribution >= 0.6 is 11.3 Å². The monoisotopic (exact) mass is 435 g/mol. The zero-order valence-electron chi connectivity index (χ0n) is 17.3. The summed E-state index contributed by atoms with van der Waals surface area (Å²) in [5, 5.41) is 26.8. The molecule has 1 fully saturated rings. The molecule has 3 heterocycles. The molecule has 8 heteroatoms. The van der Waals surface area contributed by atoms with E-state index in [-0.39, 0.29) is 12.1 Å². The maximum absolute atomic E-state index is 10.2. The number of nitrogens with zero attached hydrogens (tertiary/aromatic N) is 4. The molecule has 0 bridgehead atoms. The molecule has 0 unspecified atom stereocenters. The molecule has 3 N–H and O–H groups in total. The summed E-state index contributed by atoms with van der Waals surface area (Å²) >= 11 is 1.64. The van der Waals surface area contributed by atoms with Crippen molar-refractivity contribution in [1.29, 1.82) is 0 Å². The highest BCUT2D eigenvalue weighted by molar-refractivity contribution is 7.22. The first-order valence-corrected chi connectivity index (χ1v) is 11.4. The van der Waals surface area contributed by atoms with E-state index in [1.54, 1.807) is 18.3 Å². The predicted octanol–water partition coefficient (Wildman–Crippen LogP) is 4.45. The standard InChI is InChI=1S/C23H25N5O2S/c1-14(27-30)16-8-9-28-17(13-24-22(28)12-16)10-15-6-7-19-21(11-15)31-23(26-19)25-18-4-2-3-5-20(18)29/h6-9,11-13,18,20,29-30H,2-5,10H2,1H3,(H,25,26)/b27-14-/t18-,20-/m1/s1. The van der Waals surface area contributed by atoms with E-state index in [9.17, 15) is 5.11 Å². The average Bonchev–Trinajstić information content (AvgIpc) is 3.37. The number of anilines is 1. The first-order valence-electron chi connectivity index (χ1n) is 10.6. The fourth-order valence-electron chi connectivity index (χ4n) is 4.23. The molecule has 5 rings (SSSR count). The van der Waals surface area contributed by atoms with Crippen molar-refractivity contribution >= 4 is 38.0 Å². The summed E-state index contributed by atoms with van der Waals surface area (Å²) in [4.78, 5) is 9.22. The number of aromatic nitrogens is 3. The first kappa shape index (κ1) is 20.0. The number of aliphatic hydroxyl groups is 1. The zero-order chi connectivity index (χ0) is 21.4. The molecule has 0 aliphatic heterocycles. The van der Waals surface area contributed by atoms with Crippen LogP contribution < -0.4 is 5.32 Å². The Morgan fingerprint density at radius 1 is 1.26 bits per heavy atom. The quantitative estimate of drug-likeness (QED) is 0.245. The smallest absolute Gasteiger partial charge is 0.184 e. The minimum Gasteiger partial charge on any atom is -0.411 e. The largest absolute Gasteiger partial charge is 0.411 e. The van der Waals surface area contributed by atoms with Crippen LogP contribution in [0.4, 0.5) is 5.13 Å². The van der Waals surface area contributed by atoms with E-state index in [0.717, 1.165) is 64.4 Å². The van der Waals surface area contributed by atoms with Crippen molar-refractivity contribution in [2.24, 2.45) is 5.16 Å². The Morgan fingerprint density at radius 3 is 2.97 bits per heavy atom. The van der Waals surface area contributed by atoms with Crippen molar-refractivity contribution in [1.82, 2.24) is 14.4 Å². The normalized spacial score (nSPS) is 19.9. The second kappa shape index (κ2) is 8.28. The van der Waals surface area contributed by atoms with E-state index < -0.39 is 0 Å². The fraction of sp³-hybridized carbons (Fsp3) is 0.348. The van der Waals surface area contributed by atoms with Gasteiger partial charge in [-0.3, -0.25) is 0 Å². The van der Waals surface area contributed by atoms with Gasteiger partial charge < -0.3 is 20.0 Å². The van der Waals surface area contributed by atoms with Crippen molar-refractivity contribution in [3.63, 3.8) is 0 Å². The molecular formula is C23H25N5O2S. The van der Waals surface area contributed by atoms with Crippen molar-refractivity contribution in [3.8, 4) is 0 Å². The maximum Gasteiger partial charge on any atom is 0.184 e. The zero-order valence-corrected chi connectivity index (χ0v) is 18.1. The van der Waals surface area contributed by atoms with E-state index in [1.807, 2.05) is 24.5 Å². The molecule has 160 valence electrons. The highest BCUT2D eigenvalue weighted by Gasteiger charge is 2.23. The molecule has 1 aromatic carbocycles. The summed E-state index contributed by atoms with van der Waals surface area (Å²) in [5.41, 5.74) is 5.50. The first-order chi connectivity index (χ1) is 15.1. The Labute approximate surface area is 184 Å². The van der Waals surface area contributed by atoms with Crippen molar-refractivity contribution in [3.05, 3.63) is 59.5 Å². The van der Waals surface area contributed by atoms with Crippen LogP contribution in [0.2, 0.25) is 0 Å². The molecule has 7 nitrogen and oxygen atoms in total. The second-order valence-electron chi connectivity index (χ2n) is 8.18. The summed E-state index contributed by atoms with van der Waals surface area (Å²) in [6.45, 7) is 1.76. The van der Waals surface area contributed by atoms with Gasteiger partial charge in [0.05, 0.1) is 28.1 Å². The average molecular weight is 436 g/mol. The van der Waals surface area contributed by atoms with Crippen LogP contribution in [0.1, 0.15) is 49.4 Å². The van der Waals surface area contributed by atoms with Gasteiger partial charge in [0.2, 0.25) is 0 Å². The molecule has 0 saturated heterocycles. The third kappa shape index (κ3) is 4.00. The van der Waals surface area contributed by atoms with Gasteiger partial charge in [-0.15, -0.1) is 0 Å². The highest BCUT2D eigenvalue weighted by atomic mass is 32.1. The Hall–Kier alpha value is -2.97. The van der Waals surface area contributed by atoms with E-state index in [1.165, 1.54) is 5.56 Å². The van der Waals surface area contributed by atoms with Gasteiger partial charge in [-0.05, 0) is 49.6 Å². The molecule has 1 aliphatic carbocycles. The minimum atomic E-state index is -0.292. The van der Waals surface area contributed by atoms with Crippen molar-refractivity contribution < 1.29 is 10.3 Å². The molecule has 0 spiro atoms. The third-order valence-corrected chi connectivity index (χ3v) is 6.98. The summed E-state index contributed by atoms with van der Waals surface area (Å²) < 4.78 is 3.19. The van der Waals surface area contributed by atoms with Gasteiger partial charge in [-0.1, -0.05) is 35.4 Å². The number of hydrogen-bond acceptors (Lipinski definition) is 7. The number of pyridine rings is 1. The molecule has 2 atom stereocenters. The number of rotatable bonds is 5. The van der Waals surface area contributed by atoms with E-state index in [4.69, 9.17) is 10.2 Å². The molecule has 0 radical (unpaired) electrons. The van der Waals surface area contributed by atoms with Gasteiger partial charge in [0.15, 0.2) is 5.13 Å². The molecular weight excluding hydrogens is 410 g/mol. The number of thiazole rings is 1. The lowest BCUT2D eigenvalue weighted by Gasteiger charge is -2.27. The summed E-state index contributed by atoms with van der Waals surface area (Å²) in [6.07, 6.45) is 8.41. The lowest BCUT2D eigenvalue weighted by Crippen LogP contribution is -2.36. The Bertz CT molecular complexity index is 1260. The summed E-state index contributed by atoms with van der Waals surface area (Å²) in [6, 6.07) is 10.3. The van der Waals surface area contributed by atoms with Crippen LogP contribution in [0, 0.1) is 0 Å². The van der Waals surface area contributed by atoms with Gasteiger partial charge in [0, 0.05) is 30.1 Å². The van der Waals surface area contributed by atoms with Crippen LogP contribution in [-0.2, 0) is 6.42 Å². The second-order valence-corrected chi connectivity index (χ2v) is 9.21. The van der Waals surface area contributed by atoms with Gasteiger partial charge in [0.25, 0.3) is 0 Å². The Balaban J connectivity index is 1.37. The summed E-state index contributed by atoms with van der Waals surface area (Å²) in [5.74, 6) is 0. The highest BCUT2D eigenvalue weighted by Crippen LogP contribution is 2.30. The van der Waals surface area contributed by atoms with Gasteiger partial charge in [0.1, 0.15) is 5.65 Å². The number of hydrogen-bond donors (Lipinski definition) is 3. The van der Waals surface area contributed by atoms with Crippen LogP contribution in [0.3, 0.4) is 0 Å². The van der Waals surface area contributed by atoms with Crippen LogP contribution in [0.25, 0.3) is 15.9 Å². The maximum atomic E-state index is 10.2. The predicted molar refractivity (Wildman–Crippen MR) is 124 cm³/mol. The molecule has 31 heavy (non-hydrogen) atoms. The number of aliphatic hydroxyl groups excluding tert-OH is 1. The Morgan fingerprint density at radius 2 is 2.13 bits per heavy atom. The molecule has 1 aliphatic rings. The fourth-order valence-corrected chi connectivity index (χ4v) is 5.23. The molecule has 1 saturated carbocycles. The molecule has 4 aromatic rings.